The van der Waals surface area contributed by atoms with Crippen molar-refractivity contribution in [3.8, 4) is 0 Å². The molecule has 0 radical (unpaired) electrons. The standard InChI is InChI=1S/C16H30N2O2/c1-3-10-17-16(15(19)20,14-8-9-14)12-18(4-2)11-13-6-5-7-13/h13-14,17H,3-12H2,1-2H3,(H,19,20). The van der Waals surface area contributed by atoms with Gasteiger partial charge in [0.1, 0.15) is 5.54 Å². The Labute approximate surface area is 122 Å². The summed E-state index contributed by atoms with van der Waals surface area (Å²) >= 11 is 0. The van der Waals surface area contributed by atoms with Gasteiger partial charge in [-0.05, 0) is 57.0 Å². The molecule has 2 saturated carbocycles. The summed E-state index contributed by atoms with van der Waals surface area (Å²) in [6, 6.07) is 0. The molecule has 2 aliphatic rings. The molecule has 0 aromatic heterocycles. The van der Waals surface area contributed by atoms with Crippen LogP contribution >= 0.6 is 0 Å². The van der Waals surface area contributed by atoms with Crippen molar-refractivity contribution in [1.82, 2.24) is 10.2 Å². The lowest BCUT2D eigenvalue weighted by Gasteiger charge is -2.39. The lowest BCUT2D eigenvalue weighted by atomic mass is 9.84. The molecule has 2 fully saturated rings. The average molecular weight is 282 g/mol. The van der Waals surface area contributed by atoms with Gasteiger partial charge in [-0.2, -0.15) is 0 Å². The molecule has 0 bridgehead atoms. The molecule has 0 aromatic rings. The number of hydrogen-bond donors (Lipinski definition) is 2. The van der Waals surface area contributed by atoms with Crippen LogP contribution in [-0.4, -0.2) is 47.7 Å². The maximum atomic E-state index is 11.9. The van der Waals surface area contributed by atoms with E-state index in [-0.39, 0.29) is 0 Å². The van der Waals surface area contributed by atoms with E-state index in [9.17, 15) is 9.90 Å². The van der Waals surface area contributed by atoms with Gasteiger partial charge < -0.3 is 15.3 Å². The Morgan fingerprint density at radius 3 is 2.40 bits per heavy atom. The fourth-order valence-electron chi connectivity index (χ4n) is 3.27. The molecule has 0 aliphatic heterocycles. The number of hydrogen-bond acceptors (Lipinski definition) is 3. The van der Waals surface area contributed by atoms with Gasteiger partial charge in [0.05, 0.1) is 0 Å². The van der Waals surface area contributed by atoms with E-state index >= 15 is 0 Å². The zero-order valence-corrected chi connectivity index (χ0v) is 13.0. The van der Waals surface area contributed by atoms with Crippen LogP contribution < -0.4 is 5.32 Å². The third-order valence-electron chi connectivity index (χ3n) is 5.01. The van der Waals surface area contributed by atoms with Gasteiger partial charge in [0.25, 0.3) is 0 Å². The van der Waals surface area contributed by atoms with Crippen molar-refractivity contribution in [3.63, 3.8) is 0 Å². The van der Waals surface area contributed by atoms with E-state index in [1.807, 2.05) is 0 Å². The van der Waals surface area contributed by atoms with Gasteiger partial charge >= 0.3 is 5.97 Å². The lowest BCUT2D eigenvalue weighted by molar-refractivity contribution is -0.147. The van der Waals surface area contributed by atoms with Crippen LogP contribution in [0.1, 0.15) is 52.4 Å². The molecule has 0 saturated heterocycles. The van der Waals surface area contributed by atoms with Crippen molar-refractivity contribution < 1.29 is 9.90 Å². The Balaban J connectivity index is 2.01. The van der Waals surface area contributed by atoms with E-state index in [2.05, 4.69) is 24.1 Å². The van der Waals surface area contributed by atoms with Crippen LogP contribution in [0.3, 0.4) is 0 Å². The van der Waals surface area contributed by atoms with E-state index < -0.39 is 11.5 Å². The molecule has 4 nitrogen and oxygen atoms in total. The summed E-state index contributed by atoms with van der Waals surface area (Å²) in [4.78, 5) is 14.3. The molecule has 20 heavy (non-hydrogen) atoms. The van der Waals surface area contributed by atoms with E-state index in [1.54, 1.807) is 0 Å². The topological polar surface area (TPSA) is 52.6 Å². The second kappa shape index (κ2) is 6.90. The molecule has 4 heteroatoms. The van der Waals surface area contributed by atoms with Crippen molar-refractivity contribution in [2.45, 2.75) is 57.9 Å². The molecule has 2 rings (SSSR count). The molecule has 0 spiro atoms. The van der Waals surface area contributed by atoms with Gasteiger partial charge in [0, 0.05) is 13.1 Å². The molecule has 1 unspecified atom stereocenters. The molecule has 0 amide bonds. The second-order valence-electron chi connectivity index (χ2n) is 6.60. The quantitative estimate of drug-likeness (QED) is 0.646. The monoisotopic (exact) mass is 282 g/mol. The smallest absolute Gasteiger partial charge is 0.325 e. The highest BCUT2D eigenvalue weighted by Crippen LogP contribution is 2.41. The molecular formula is C16H30N2O2. The van der Waals surface area contributed by atoms with Gasteiger partial charge in [-0.1, -0.05) is 20.3 Å². The van der Waals surface area contributed by atoms with Crippen LogP contribution in [0.15, 0.2) is 0 Å². The number of nitrogens with zero attached hydrogens (tertiary/aromatic N) is 1. The predicted octanol–water partition coefficient (Wildman–Crippen LogP) is 2.34. The molecule has 116 valence electrons. The normalized spacial score (nSPS) is 22.6. The summed E-state index contributed by atoms with van der Waals surface area (Å²) in [5.41, 5.74) is -0.713. The summed E-state index contributed by atoms with van der Waals surface area (Å²) in [7, 11) is 0. The van der Waals surface area contributed by atoms with Gasteiger partial charge in [-0.25, -0.2) is 0 Å². The van der Waals surface area contributed by atoms with Gasteiger partial charge in [-0.3, -0.25) is 4.79 Å². The molecule has 1 atom stereocenters. The minimum Gasteiger partial charge on any atom is -0.480 e. The molecular weight excluding hydrogens is 252 g/mol. The number of carbonyl (C=O) groups is 1. The fourth-order valence-corrected chi connectivity index (χ4v) is 3.27. The lowest BCUT2D eigenvalue weighted by Crippen LogP contribution is -2.61. The molecule has 0 aromatic carbocycles. The van der Waals surface area contributed by atoms with E-state index in [0.29, 0.717) is 12.5 Å². The SMILES string of the molecule is CCCNC(CN(CC)CC1CCC1)(C(=O)O)C1CC1. The summed E-state index contributed by atoms with van der Waals surface area (Å²) in [5, 5.41) is 13.2. The van der Waals surface area contributed by atoms with Crippen molar-refractivity contribution in [2.75, 3.05) is 26.2 Å². The number of nitrogens with one attached hydrogen (secondary N) is 1. The van der Waals surface area contributed by atoms with Crippen LogP contribution in [0.4, 0.5) is 0 Å². The fraction of sp³-hybridized carbons (Fsp3) is 0.938. The number of likely N-dealkylation sites (N-methyl/N-ethyl adjacent to an activating group) is 1. The van der Waals surface area contributed by atoms with Gasteiger partial charge in [-0.15, -0.1) is 0 Å². The van der Waals surface area contributed by atoms with Crippen molar-refractivity contribution >= 4 is 5.97 Å². The zero-order chi connectivity index (χ0) is 14.6. The predicted molar refractivity (Wildman–Crippen MR) is 80.8 cm³/mol. The van der Waals surface area contributed by atoms with E-state index in [4.69, 9.17) is 0 Å². The largest absolute Gasteiger partial charge is 0.480 e. The first-order valence-electron chi connectivity index (χ1n) is 8.33. The van der Waals surface area contributed by atoms with Crippen LogP contribution in [0.25, 0.3) is 0 Å². The average Bonchev–Trinajstić information content (AvgIpc) is 3.20. The number of carboxylic acids is 1. The Bertz CT molecular complexity index is 326. The number of rotatable bonds is 10. The first-order valence-corrected chi connectivity index (χ1v) is 8.33. The van der Waals surface area contributed by atoms with E-state index in [0.717, 1.165) is 44.8 Å². The summed E-state index contributed by atoms with van der Waals surface area (Å²) < 4.78 is 0. The van der Waals surface area contributed by atoms with Crippen molar-refractivity contribution in [1.29, 1.82) is 0 Å². The van der Waals surface area contributed by atoms with Crippen LogP contribution in [0.2, 0.25) is 0 Å². The third-order valence-corrected chi connectivity index (χ3v) is 5.01. The third kappa shape index (κ3) is 3.53. The van der Waals surface area contributed by atoms with E-state index in [1.165, 1.54) is 19.3 Å². The maximum absolute atomic E-state index is 11.9. The summed E-state index contributed by atoms with van der Waals surface area (Å²) in [6.45, 7) is 7.73. The molecule has 0 heterocycles. The number of aliphatic carboxylic acids is 1. The first kappa shape index (κ1) is 15.8. The first-order chi connectivity index (χ1) is 9.62. The zero-order valence-electron chi connectivity index (χ0n) is 13.0. The Kier molecular flexibility index (Phi) is 5.44. The Morgan fingerprint density at radius 1 is 1.30 bits per heavy atom. The molecule has 2 N–H and O–H groups in total. The highest BCUT2D eigenvalue weighted by Gasteiger charge is 2.51. The second-order valence-corrected chi connectivity index (χ2v) is 6.60. The van der Waals surface area contributed by atoms with Crippen molar-refractivity contribution in [2.24, 2.45) is 11.8 Å². The van der Waals surface area contributed by atoms with Crippen molar-refractivity contribution in [3.05, 3.63) is 0 Å². The van der Waals surface area contributed by atoms with Gasteiger partial charge in [0.15, 0.2) is 0 Å². The van der Waals surface area contributed by atoms with Crippen LogP contribution in [0.5, 0.6) is 0 Å². The Hall–Kier alpha value is -0.610. The summed E-state index contributed by atoms with van der Waals surface area (Å²) in [5.74, 6) is 0.467. The highest BCUT2D eigenvalue weighted by molar-refractivity contribution is 5.80. The van der Waals surface area contributed by atoms with Crippen LogP contribution in [0, 0.1) is 11.8 Å². The number of carboxylic acid groups (broad SMARTS) is 1. The van der Waals surface area contributed by atoms with Gasteiger partial charge in [0.2, 0.25) is 0 Å². The summed E-state index contributed by atoms with van der Waals surface area (Å²) in [6.07, 6.45) is 7.10. The van der Waals surface area contributed by atoms with Crippen LogP contribution in [-0.2, 0) is 4.79 Å². The molecule has 2 aliphatic carbocycles. The minimum atomic E-state index is -0.713. The maximum Gasteiger partial charge on any atom is 0.325 e. The highest BCUT2D eigenvalue weighted by atomic mass is 16.4. The minimum absolute atomic E-state index is 0.321. The Morgan fingerprint density at radius 2 is 2.00 bits per heavy atom.